The third-order valence-electron chi connectivity index (χ3n) is 2.86. The molecule has 0 aliphatic carbocycles. The number of amides is 1. The molecule has 0 saturated carbocycles. The number of nitrogens with zero attached hydrogens (tertiary/aromatic N) is 2. The van der Waals surface area contributed by atoms with Gasteiger partial charge in [0.05, 0.1) is 0 Å². The number of hydrogen-bond donors (Lipinski definition) is 1. The predicted molar refractivity (Wildman–Crippen MR) is 73.6 cm³/mol. The molecule has 1 N–H and O–H groups in total. The van der Waals surface area contributed by atoms with Gasteiger partial charge in [-0.2, -0.15) is 0 Å². The number of aryl methyl sites for hydroxylation is 1. The van der Waals surface area contributed by atoms with Crippen LogP contribution in [0.1, 0.15) is 32.4 Å². The Hall–Kier alpha value is -2.18. The van der Waals surface area contributed by atoms with Gasteiger partial charge in [0.15, 0.2) is 6.61 Å². The van der Waals surface area contributed by atoms with E-state index in [0.29, 0.717) is 5.69 Å². The van der Waals surface area contributed by atoms with Crippen molar-refractivity contribution < 1.29 is 14.5 Å². The van der Waals surface area contributed by atoms with E-state index in [4.69, 9.17) is 4.74 Å². The van der Waals surface area contributed by atoms with Gasteiger partial charge in [-0.25, -0.2) is 0 Å². The zero-order chi connectivity index (χ0) is 15.1. The van der Waals surface area contributed by atoms with Crippen LogP contribution >= 0.6 is 0 Å². The maximum absolute atomic E-state index is 11.7. The molecular formula is C13H19N3O4. The van der Waals surface area contributed by atoms with Gasteiger partial charge in [-0.3, -0.25) is 4.79 Å². The molecule has 1 amide bonds. The average Bonchev–Trinajstić information content (AvgIpc) is 2.43. The third-order valence-corrected chi connectivity index (χ3v) is 2.86. The van der Waals surface area contributed by atoms with Gasteiger partial charge in [-0.15, -0.1) is 0 Å². The summed E-state index contributed by atoms with van der Waals surface area (Å²) in [6, 6.07) is 3.14. The number of pyridine rings is 1. The number of aromatic nitrogens is 1. The molecular weight excluding hydrogens is 262 g/mol. The summed E-state index contributed by atoms with van der Waals surface area (Å²) in [5, 5.41) is 13.6. The SMILES string of the molecule is CCC(CC)NC(=O)COc1ccc(C)nc1[N+](=O)[O-]. The molecule has 0 saturated heterocycles. The van der Waals surface area contributed by atoms with Crippen LogP contribution in [0.15, 0.2) is 12.1 Å². The summed E-state index contributed by atoms with van der Waals surface area (Å²) in [5.41, 5.74) is 0.519. The second kappa shape index (κ2) is 7.42. The first-order valence-electron chi connectivity index (χ1n) is 6.52. The first-order valence-corrected chi connectivity index (χ1v) is 6.52. The highest BCUT2D eigenvalue weighted by Crippen LogP contribution is 2.24. The highest BCUT2D eigenvalue weighted by molar-refractivity contribution is 5.77. The lowest BCUT2D eigenvalue weighted by molar-refractivity contribution is -0.390. The normalized spacial score (nSPS) is 10.4. The van der Waals surface area contributed by atoms with Gasteiger partial charge in [-0.05, 0) is 34.9 Å². The number of ether oxygens (including phenoxy) is 1. The predicted octanol–water partition coefficient (Wildman–Crippen LogP) is 1.98. The van der Waals surface area contributed by atoms with Gasteiger partial charge in [0.2, 0.25) is 5.75 Å². The molecule has 0 spiro atoms. The maximum Gasteiger partial charge on any atom is 0.406 e. The number of rotatable bonds is 7. The van der Waals surface area contributed by atoms with E-state index in [9.17, 15) is 14.9 Å². The van der Waals surface area contributed by atoms with Crippen LogP contribution in [0.4, 0.5) is 5.82 Å². The fourth-order valence-corrected chi connectivity index (χ4v) is 1.68. The Morgan fingerprint density at radius 3 is 2.65 bits per heavy atom. The molecule has 20 heavy (non-hydrogen) atoms. The Morgan fingerprint density at radius 2 is 2.10 bits per heavy atom. The highest BCUT2D eigenvalue weighted by atomic mass is 16.6. The van der Waals surface area contributed by atoms with Crippen LogP contribution in [-0.4, -0.2) is 28.5 Å². The Kier molecular flexibility index (Phi) is 5.89. The lowest BCUT2D eigenvalue weighted by Gasteiger charge is -2.14. The van der Waals surface area contributed by atoms with Gasteiger partial charge < -0.3 is 20.2 Å². The van der Waals surface area contributed by atoms with Crippen LogP contribution in [0.3, 0.4) is 0 Å². The second-order valence-electron chi connectivity index (χ2n) is 4.40. The van der Waals surface area contributed by atoms with Crippen molar-refractivity contribution in [3.8, 4) is 5.75 Å². The quantitative estimate of drug-likeness (QED) is 0.609. The third kappa shape index (κ3) is 4.49. The molecule has 0 fully saturated rings. The lowest BCUT2D eigenvalue weighted by atomic mass is 10.2. The Balaban J connectivity index is 2.66. The van der Waals surface area contributed by atoms with E-state index >= 15 is 0 Å². The fourth-order valence-electron chi connectivity index (χ4n) is 1.68. The maximum atomic E-state index is 11.7. The van der Waals surface area contributed by atoms with Crippen LogP contribution in [0.5, 0.6) is 5.75 Å². The van der Waals surface area contributed by atoms with E-state index in [1.54, 1.807) is 13.0 Å². The van der Waals surface area contributed by atoms with Crippen LogP contribution in [0.25, 0.3) is 0 Å². The minimum absolute atomic E-state index is 0.000275. The van der Waals surface area contributed by atoms with Crippen LogP contribution in [0, 0.1) is 17.0 Å². The molecule has 0 aromatic carbocycles. The van der Waals surface area contributed by atoms with Crippen molar-refractivity contribution in [2.45, 2.75) is 39.7 Å². The highest BCUT2D eigenvalue weighted by Gasteiger charge is 2.19. The van der Waals surface area contributed by atoms with E-state index in [1.165, 1.54) is 6.07 Å². The lowest BCUT2D eigenvalue weighted by Crippen LogP contribution is -2.37. The van der Waals surface area contributed by atoms with Crippen molar-refractivity contribution in [3.63, 3.8) is 0 Å². The summed E-state index contributed by atoms with van der Waals surface area (Å²) in [6.45, 7) is 5.34. The number of carbonyl (C=O) groups excluding carboxylic acids is 1. The number of nitro groups is 1. The number of nitrogens with one attached hydrogen (secondary N) is 1. The molecule has 110 valence electrons. The van der Waals surface area contributed by atoms with E-state index < -0.39 is 4.92 Å². The molecule has 0 aliphatic heterocycles. The molecule has 1 rings (SSSR count). The average molecular weight is 281 g/mol. The topological polar surface area (TPSA) is 94.4 Å². The minimum Gasteiger partial charge on any atom is -0.476 e. The molecule has 1 aromatic heterocycles. The van der Waals surface area contributed by atoms with Crippen molar-refractivity contribution in [2.24, 2.45) is 0 Å². The monoisotopic (exact) mass is 281 g/mol. The van der Waals surface area contributed by atoms with Crippen LogP contribution < -0.4 is 10.1 Å². The van der Waals surface area contributed by atoms with Crippen molar-refractivity contribution in [1.29, 1.82) is 0 Å². The first kappa shape index (κ1) is 15.9. The molecule has 7 heteroatoms. The fraction of sp³-hybridized carbons (Fsp3) is 0.538. The zero-order valence-electron chi connectivity index (χ0n) is 11.9. The first-order chi connectivity index (χ1) is 9.47. The largest absolute Gasteiger partial charge is 0.476 e. The summed E-state index contributed by atoms with van der Waals surface area (Å²) < 4.78 is 5.19. The Morgan fingerprint density at radius 1 is 1.45 bits per heavy atom. The van der Waals surface area contributed by atoms with Crippen LogP contribution in [-0.2, 0) is 4.79 Å². The smallest absolute Gasteiger partial charge is 0.406 e. The van der Waals surface area contributed by atoms with E-state index in [-0.39, 0.29) is 30.1 Å². The van der Waals surface area contributed by atoms with Gasteiger partial charge in [0.1, 0.15) is 5.69 Å². The van der Waals surface area contributed by atoms with E-state index in [1.807, 2.05) is 13.8 Å². The summed E-state index contributed by atoms with van der Waals surface area (Å²) >= 11 is 0. The van der Waals surface area contributed by atoms with Crippen molar-refractivity contribution in [3.05, 3.63) is 27.9 Å². The van der Waals surface area contributed by atoms with Crippen molar-refractivity contribution in [1.82, 2.24) is 10.3 Å². The molecule has 0 bridgehead atoms. The minimum atomic E-state index is -0.624. The summed E-state index contributed by atoms with van der Waals surface area (Å²) in [6.07, 6.45) is 1.66. The molecule has 1 heterocycles. The summed E-state index contributed by atoms with van der Waals surface area (Å²) in [7, 11) is 0. The van der Waals surface area contributed by atoms with E-state index in [0.717, 1.165) is 12.8 Å². The molecule has 7 nitrogen and oxygen atoms in total. The van der Waals surface area contributed by atoms with Gasteiger partial charge in [0.25, 0.3) is 5.91 Å². The zero-order valence-corrected chi connectivity index (χ0v) is 11.9. The van der Waals surface area contributed by atoms with Crippen LogP contribution in [0.2, 0.25) is 0 Å². The van der Waals surface area contributed by atoms with Gasteiger partial charge >= 0.3 is 5.82 Å². The van der Waals surface area contributed by atoms with Crippen molar-refractivity contribution in [2.75, 3.05) is 6.61 Å². The van der Waals surface area contributed by atoms with Crippen molar-refractivity contribution >= 4 is 11.7 Å². The standard InChI is InChI=1S/C13H19N3O4/c1-4-10(5-2)15-12(17)8-20-11-7-6-9(3)14-13(11)16(18)19/h6-7,10H,4-5,8H2,1-3H3,(H,15,17). The summed E-state index contributed by atoms with van der Waals surface area (Å²) in [4.78, 5) is 25.7. The molecule has 0 aliphatic rings. The molecule has 0 radical (unpaired) electrons. The Bertz CT molecular complexity index is 487. The van der Waals surface area contributed by atoms with Gasteiger partial charge in [-0.1, -0.05) is 13.8 Å². The molecule has 0 unspecified atom stereocenters. The number of hydrogen-bond acceptors (Lipinski definition) is 5. The summed E-state index contributed by atoms with van der Waals surface area (Å²) in [5.74, 6) is -0.672. The molecule has 0 atom stereocenters. The number of carbonyl (C=O) groups is 1. The van der Waals surface area contributed by atoms with E-state index in [2.05, 4.69) is 10.3 Å². The van der Waals surface area contributed by atoms with Gasteiger partial charge in [0, 0.05) is 13.0 Å². The second-order valence-corrected chi connectivity index (χ2v) is 4.40. The Labute approximate surface area is 117 Å². The molecule has 1 aromatic rings.